The Morgan fingerprint density at radius 1 is 0.304 bits per heavy atom. The van der Waals surface area contributed by atoms with E-state index in [0.29, 0.717) is 0 Å². The second-order valence-corrected chi connectivity index (χ2v) is 27.9. The number of nitrogens with one attached hydrogen (secondary N) is 4. The molecule has 8 aliphatic heterocycles. The van der Waals surface area contributed by atoms with Gasteiger partial charge in [0.2, 0.25) is 23.6 Å². The van der Waals surface area contributed by atoms with Gasteiger partial charge in [0.05, 0.1) is 72.1 Å². The van der Waals surface area contributed by atoms with Gasteiger partial charge in [0.15, 0.2) is 50.3 Å². The molecule has 4 amide bonds. The van der Waals surface area contributed by atoms with Crippen LogP contribution in [0.1, 0.15) is 27.7 Å². The van der Waals surface area contributed by atoms with Crippen molar-refractivity contribution in [3.05, 3.63) is 0 Å². The molecule has 8 aliphatic rings. The summed E-state index contributed by atoms with van der Waals surface area (Å²) in [5, 5.41) is 296. The lowest BCUT2D eigenvalue weighted by atomic mass is 9.93. The van der Waals surface area contributed by atoms with E-state index in [2.05, 4.69) is 21.3 Å². The Labute approximate surface area is 634 Å². The summed E-state index contributed by atoms with van der Waals surface area (Å²) >= 11 is 0. The highest BCUT2D eigenvalue weighted by Crippen LogP contribution is 2.40. The molecular weight excluding hydrogens is 1540 g/mol. The number of aliphatic hydroxyl groups excluding tert-OH is 26. The van der Waals surface area contributed by atoms with Crippen molar-refractivity contribution in [1.29, 1.82) is 0 Å². The van der Waals surface area contributed by atoms with E-state index in [9.17, 15) is 152 Å². The van der Waals surface area contributed by atoms with Crippen molar-refractivity contribution in [3.63, 3.8) is 0 Å². The highest BCUT2D eigenvalue weighted by Gasteiger charge is 2.61. The fourth-order valence-corrected chi connectivity index (χ4v) is 14.1. The zero-order chi connectivity index (χ0) is 82.9. The topological polar surface area (TPSA) is 790 Å². The first kappa shape index (κ1) is 93.7. The largest absolute Gasteiger partial charge is 0.394 e. The summed E-state index contributed by atoms with van der Waals surface area (Å²) in [6, 6.07) is -7.66. The predicted octanol–water partition coefficient (Wildman–Crippen LogP) is -20.4. The lowest BCUT2D eigenvalue weighted by Crippen LogP contribution is -2.71. The summed E-state index contributed by atoms with van der Waals surface area (Å²) in [5.41, 5.74) is 0. The average molecular weight is 1640 g/mol. The van der Waals surface area contributed by atoms with Gasteiger partial charge >= 0.3 is 0 Å². The summed E-state index contributed by atoms with van der Waals surface area (Å²) < 4.78 is 95.2. The molecular formula is C62H106N4O46. The van der Waals surface area contributed by atoms with Gasteiger partial charge in [-0.25, -0.2) is 0 Å². The molecule has 0 aromatic carbocycles. The maximum Gasteiger partial charge on any atom is 0.217 e. The molecule has 0 radical (unpaired) electrons. The van der Waals surface area contributed by atoms with Gasteiger partial charge in [-0.05, 0) is 0 Å². The first-order valence-electron chi connectivity index (χ1n) is 35.6. The SMILES string of the molecule is CC(=O)N[C@H]1[C@H](O[C@@H]([C@H](O)[C@H](CO)NC(C)=O)[C@H](O)CO)O[C@H](CO)[C@@H](O[C@@H]2O[C@H](CO[C@H]3O[C@H](CO)[C@@H](O)[C@H](O)[C@@H]3O)[C@@H](O)[C@H](O[C@H]3O[C@H](CO)[C@@H](O[C@@H]4O[C@H](CO)[C@@H](O[C@@H]5O[C@H](CO)[C@H](O)[C@H](O)[C@H]5O)[C@H](O)[C@H]4NC(C)=O)[C@H](O)[C@@H]3O[C@@H]3O[C@H](CO)[C@@H](O[C@@H]4O[C@H](CO)[C@H](O)[C@H](O)[C@H]4O)[C@H](O)[C@H]3NC(C)=O)[C@@H]2O)[C@@H]1O. The van der Waals surface area contributed by atoms with Crippen LogP contribution in [0.3, 0.4) is 0 Å². The normalized spacial score (nSPS) is 45.9. The lowest BCUT2D eigenvalue weighted by Gasteiger charge is -2.52. The van der Waals surface area contributed by atoms with Gasteiger partial charge in [0.1, 0.15) is 213 Å². The molecule has 0 saturated carbocycles. The second kappa shape index (κ2) is 41.7. The monoisotopic (exact) mass is 1640 g/mol. The van der Waals surface area contributed by atoms with Crippen molar-refractivity contribution in [3.8, 4) is 0 Å². The van der Waals surface area contributed by atoms with Crippen molar-refractivity contribution in [2.24, 2.45) is 0 Å². The average Bonchev–Trinajstić information content (AvgIpc) is 0.778. The predicted molar refractivity (Wildman–Crippen MR) is 346 cm³/mol. The zero-order valence-corrected chi connectivity index (χ0v) is 60.3. The van der Waals surface area contributed by atoms with Crippen LogP contribution in [-0.2, 0) is 95.0 Å². The lowest BCUT2D eigenvalue weighted by molar-refractivity contribution is -0.405. The van der Waals surface area contributed by atoms with Gasteiger partial charge in [0, 0.05) is 27.7 Å². The Bertz CT molecular complexity index is 2910. The van der Waals surface area contributed by atoms with Gasteiger partial charge < -0.3 is 230 Å². The van der Waals surface area contributed by atoms with Crippen molar-refractivity contribution < 1.29 is 228 Å². The van der Waals surface area contributed by atoms with Gasteiger partial charge in [-0.15, -0.1) is 0 Å². The van der Waals surface area contributed by atoms with E-state index >= 15 is 0 Å². The maximum atomic E-state index is 13.2. The second-order valence-electron chi connectivity index (χ2n) is 27.9. The molecule has 50 heteroatoms. The number of carbonyl (C=O) groups excluding carboxylic acids is 4. The van der Waals surface area contributed by atoms with Crippen molar-refractivity contribution in [1.82, 2.24) is 21.3 Å². The van der Waals surface area contributed by atoms with Gasteiger partial charge in [-0.3, -0.25) is 19.2 Å². The molecule has 0 bridgehead atoms. The van der Waals surface area contributed by atoms with Gasteiger partial charge in [-0.1, -0.05) is 0 Å². The third-order valence-electron chi connectivity index (χ3n) is 20.0. The van der Waals surface area contributed by atoms with Crippen LogP contribution in [0.25, 0.3) is 0 Å². The third-order valence-corrected chi connectivity index (χ3v) is 20.0. The Morgan fingerprint density at radius 3 is 0.991 bits per heavy atom. The molecule has 50 nitrogen and oxygen atoms in total. The van der Waals surface area contributed by atoms with Crippen molar-refractivity contribution in [2.45, 2.75) is 298 Å². The molecule has 44 atom stereocenters. The molecule has 30 N–H and O–H groups in total. The third kappa shape index (κ3) is 21.2. The fourth-order valence-electron chi connectivity index (χ4n) is 14.1. The molecule has 0 aromatic rings. The van der Waals surface area contributed by atoms with E-state index in [-0.39, 0.29) is 0 Å². The molecule has 0 unspecified atom stereocenters. The van der Waals surface area contributed by atoms with E-state index in [1.807, 2.05) is 0 Å². The van der Waals surface area contributed by atoms with E-state index in [4.69, 9.17) is 75.8 Å². The first-order chi connectivity index (χ1) is 53.0. The van der Waals surface area contributed by atoms with Crippen LogP contribution < -0.4 is 21.3 Å². The molecule has 0 spiro atoms. The van der Waals surface area contributed by atoms with E-state index in [1.165, 1.54) is 0 Å². The fraction of sp³-hybridized carbons (Fsp3) is 0.935. The van der Waals surface area contributed by atoms with Crippen LogP contribution in [0.5, 0.6) is 0 Å². The first-order valence-corrected chi connectivity index (χ1v) is 35.6. The number of rotatable bonds is 33. The summed E-state index contributed by atoms with van der Waals surface area (Å²) in [5.74, 6) is -3.78. The summed E-state index contributed by atoms with van der Waals surface area (Å²) in [6.45, 7) is -7.51. The number of amides is 4. The quantitative estimate of drug-likeness (QED) is 0.0290. The number of ether oxygens (including phenoxy) is 16. The highest BCUT2D eigenvalue weighted by molar-refractivity contribution is 5.74. The summed E-state index contributed by atoms with van der Waals surface area (Å²) in [6.07, 6.45) is -85.4. The Balaban J connectivity index is 1.20. The molecule has 8 rings (SSSR count). The molecule has 650 valence electrons. The van der Waals surface area contributed by atoms with Crippen LogP contribution in [0.2, 0.25) is 0 Å². The molecule has 0 aliphatic carbocycles. The van der Waals surface area contributed by atoms with Crippen molar-refractivity contribution in [2.75, 3.05) is 66.1 Å². The standard InChI is InChI=1S/C62H106N4O46/c1-15(76)63-19(5-67)32(81)48(20(80)6-68)106-55-29(64-16(2)77)37(86)51(26(12-74)101-55)110-61-47(96)53(36(85)28(105-61)14-97-58-43(92)40(89)33(82)21(7-69)98-58)111-62-54(112-57-31(66-18(4)79)39(88)50(25(11-73)103-57)109-60-45(94)42(91)35(84)23(9-71)100-60)46(95)52(27(13-75)104-62)107-56-30(65-17(3)78)38(87)49(24(10-72)102-56)108-59-44(93)41(90)34(83)22(8-70)99-59/h19-62,67-75,80-96H,5-14H2,1-4H3,(H,63,76)(H,64,77)(H,65,78)(H,66,79)/t19-,20+,21+,22+,23+,24+,25+,26+,27+,28+,29+,30+,31+,32+,33+,34-,35-,36+,37+,38+,39+,40-,41-,42-,43-,44+,45+,46-,47-,48+,49+,50+,51+,52+,53-,54-,55-,56-,57-,58-,59-,60-,61-,62+/m0/s1. The van der Waals surface area contributed by atoms with Gasteiger partial charge in [-0.2, -0.15) is 0 Å². The zero-order valence-electron chi connectivity index (χ0n) is 60.3. The number of aliphatic hydroxyl groups is 26. The molecule has 8 heterocycles. The minimum atomic E-state index is -2.62. The molecule has 0 aromatic heterocycles. The van der Waals surface area contributed by atoms with Gasteiger partial charge in [0.25, 0.3) is 0 Å². The molecule has 8 saturated heterocycles. The smallest absolute Gasteiger partial charge is 0.217 e. The Morgan fingerprint density at radius 2 is 0.616 bits per heavy atom. The van der Waals surface area contributed by atoms with Crippen LogP contribution in [0.15, 0.2) is 0 Å². The molecule has 112 heavy (non-hydrogen) atoms. The van der Waals surface area contributed by atoms with Crippen LogP contribution in [0, 0.1) is 0 Å². The minimum Gasteiger partial charge on any atom is -0.394 e. The Kier molecular flexibility index (Phi) is 34.9. The van der Waals surface area contributed by atoms with E-state index < -0.39 is 360 Å². The van der Waals surface area contributed by atoms with E-state index in [0.717, 1.165) is 27.7 Å². The van der Waals surface area contributed by atoms with Crippen LogP contribution in [0.4, 0.5) is 0 Å². The number of carbonyl (C=O) groups is 4. The number of hydrogen-bond donors (Lipinski definition) is 30. The van der Waals surface area contributed by atoms with Crippen LogP contribution in [-0.4, -0.2) is 492 Å². The van der Waals surface area contributed by atoms with E-state index in [1.54, 1.807) is 0 Å². The van der Waals surface area contributed by atoms with Crippen molar-refractivity contribution >= 4 is 23.6 Å². The van der Waals surface area contributed by atoms with Crippen LogP contribution >= 0.6 is 0 Å². The Hall–Kier alpha value is -3.80. The number of hydrogen-bond acceptors (Lipinski definition) is 46. The maximum absolute atomic E-state index is 13.2. The highest BCUT2D eigenvalue weighted by atomic mass is 16.8. The minimum absolute atomic E-state index is 0.810. The summed E-state index contributed by atoms with van der Waals surface area (Å²) in [4.78, 5) is 51.2. The summed E-state index contributed by atoms with van der Waals surface area (Å²) in [7, 11) is 0. The molecule has 8 fully saturated rings.